The fraction of sp³-hybridized carbons (Fsp3) is 0.259. The molecular formula is C27H24FN5O8S. The Morgan fingerprint density at radius 1 is 1.21 bits per heavy atom. The Morgan fingerprint density at radius 2 is 1.95 bits per heavy atom. The van der Waals surface area contributed by atoms with E-state index in [1.807, 2.05) is 0 Å². The van der Waals surface area contributed by atoms with Crippen molar-refractivity contribution in [2.24, 2.45) is 0 Å². The molecule has 2 atom stereocenters. The summed E-state index contributed by atoms with van der Waals surface area (Å²) in [7, 11) is 0. The van der Waals surface area contributed by atoms with Gasteiger partial charge in [0.1, 0.15) is 29.6 Å². The summed E-state index contributed by atoms with van der Waals surface area (Å²) in [5.41, 5.74) is 1.18. The van der Waals surface area contributed by atoms with Crippen molar-refractivity contribution >= 4 is 35.5 Å². The third kappa shape index (κ3) is 5.56. The Labute approximate surface area is 241 Å². The van der Waals surface area contributed by atoms with Crippen molar-refractivity contribution in [3.63, 3.8) is 0 Å². The van der Waals surface area contributed by atoms with Gasteiger partial charge in [0.2, 0.25) is 11.8 Å². The molecule has 3 N–H and O–H groups in total. The predicted molar refractivity (Wildman–Crippen MR) is 142 cm³/mol. The zero-order chi connectivity index (χ0) is 30.1. The maximum atomic E-state index is 15.1. The molecule has 2 aromatic heterocycles. The number of pyridine rings is 1. The molecule has 13 nitrogen and oxygen atoms in total. The first-order valence-electron chi connectivity index (χ1n) is 12.6. The number of rotatable bonds is 9. The summed E-state index contributed by atoms with van der Waals surface area (Å²) in [5, 5.41) is 25.2. The van der Waals surface area contributed by atoms with Crippen molar-refractivity contribution in [2.45, 2.75) is 31.4 Å². The highest BCUT2D eigenvalue weighted by Crippen LogP contribution is 2.40. The van der Waals surface area contributed by atoms with Gasteiger partial charge in [-0.3, -0.25) is 19.3 Å². The van der Waals surface area contributed by atoms with E-state index in [0.29, 0.717) is 11.1 Å². The molecule has 0 bridgehead atoms. The van der Waals surface area contributed by atoms with Crippen LogP contribution >= 0.6 is 11.8 Å². The number of carboxylic acids is 1. The lowest BCUT2D eigenvalue weighted by molar-refractivity contribution is -0.689. The van der Waals surface area contributed by atoms with Crippen LogP contribution in [0, 0.1) is 5.82 Å². The number of nitrogens with one attached hydrogen (secondary N) is 2. The summed E-state index contributed by atoms with van der Waals surface area (Å²) in [6.45, 7) is 0.671. The Morgan fingerprint density at radius 3 is 2.60 bits per heavy atom. The number of β-lactam (4-membered cyclic amide) rings is 1. The molecule has 2 aliphatic heterocycles. The van der Waals surface area contributed by atoms with Gasteiger partial charge in [0.25, 0.3) is 5.91 Å². The zero-order valence-electron chi connectivity index (χ0n) is 22.0. The van der Waals surface area contributed by atoms with Crippen molar-refractivity contribution < 1.29 is 42.8 Å². The largest absolute Gasteiger partial charge is 0.543 e. The van der Waals surface area contributed by atoms with Gasteiger partial charge in [-0.2, -0.15) is 0 Å². The molecule has 15 heteroatoms. The summed E-state index contributed by atoms with van der Waals surface area (Å²) in [6, 6.07) is 6.58. The number of amides is 3. The first-order chi connectivity index (χ1) is 20.1. The number of fused-ring (bicyclic) bond motifs is 1. The van der Waals surface area contributed by atoms with E-state index in [0.717, 1.165) is 9.47 Å². The summed E-state index contributed by atoms with van der Waals surface area (Å²) < 4.78 is 23.0. The van der Waals surface area contributed by atoms with E-state index in [2.05, 4.69) is 10.6 Å². The highest BCUT2D eigenvalue weighted by atomic mass is 32.2. The Balaban J connectivity index is 1.32. The lowest BCUT2D eigenvalue weighted by atomic mass is 10.0. The van der Waals surface area contributed by atoms with Crippen LogP contribution in [0.5, 0.6) is 0 Å². The number of aliphatic carboxylic acids is 1. The van der Waals surface area contributed by atoms with Crippen molar-refractivity contribution in [1.29, 1.82) is 0 Å². The van der Waals surface area contributed by atoms with Gasteiger partial charge in [-0.05, 0) is 23.8 Å². The standard InChI is InChI=1S/C27H24FN5O8S/c1-14(35)29-9-18-11-32(27(40)41-18)17-2-3-19(20(28)8-17)15-4-6-31(7-5-15)10-16-13-42-25-22(30-21(36)12-34)24(37)33(25)23(16)26(38)39/h2-8,11,22,25,34H,9-10,12-13H2,1H3,(H2-,29,30,35,36,38,39)/t22-,25+/m1/s1. The minimum Gasteiger partial charge on any atom is -0.543 e. The van der Waals surface area contributed by atoms with Crippen LogP contribution in [0.1, 0.15) is 12.7 Å². The van der Waals surface area contributed by atoms with Gasteiger partial charge in [-0.25, -0.2) is 18.3 Å². The number of halogens is 1. The second kappa shape index (κ2) is 11.6. The number of carboxylic acid groups (broad SMARTS) is 1. The van der Waals surface area contributed by atoms with Gasteiger partial charge < -0.3 is 30.1 Å². The number of carbonyl (C=O) groups excluding carboxylic acids is 4. The Hall–Kier alpha value is -4.76. The van der Waals surface area contributed by atoms with Crippen LogP contribution in [-0.4, -0.2) is 62.0 Å². The molecule has 0 aliphatic carbocycles. The maximum absolute atomic E-state index is 15.1. The number of aliphatic hydroxyl groups excluding tert-OH is 1. The molecule has 1 saturated heterocycles. The van der Waals surface area contributed by atoms with E-state index in [-0.39, 0.29) is 47.5 Å². The lowest BCUT2D eigenvalue weighted by Crippen LogP contribution is -2.71. The van der Waals surface area contributed by atoms with E-state index >= 15 is 4.39 Å². The number of thioether (sulfide) groups is 1. The number of hydrogen-bond donors (Lipinski definition) is 3. The minimum absolute atomic E-state index is 0.0144. The molecule has 2 aliphatic rings. The highest BCUT2D eigenvalue weighted by molar-refractivity contribution is 8.00. The summed E-state index contributed by atoms with van der Waals surface area (Å²) in [5.74, 6) is -4.01. The Kier molecular flexibility index (Phi) is 7.95. The SMILES string of the molecule is CC(=O)NCc1cn(-c2ccc(-c3cc[n+](CC4=C(C(=O)[O-])N5C(=O)[C@@H](NC(=O)CO)[C@@H]5SC4)cc3)c(F)c2)c(=O)o1. The summed E-state index contributed by atoms with van der Waals surface area (Å²) >= 11 is 1.28. The van der Waals surface area contributed by atoms with Crippen molar-refractivity contribution in [3.05, 3.63) is 82.3 Å². The molecule has 1 aromatic carbocycles. The molecule has 3 amide bonds. The van der Waals surface area contributed by atoms with E-state index < -0.39 is 47.4 Å². The van der Waals surface area contributed by atoms with Crippen molar-refractivity contribution in [3.8, 4) is 16.8 Å². The molecule has 42 heavy (non-hydrogen) atoms. The molecule has 218 valence electrons. The first kappa shape index (κ1) is 28.8. The van der Waals surface area contributed by atoms with Gasteiger partial charge in [-0.1, -0.05) is 0 Å². The van der Waals surface area contributed by atoms with E-state index in [1.54, 1.807) is 35.2 Å². The molecule has 0 unspecified atom stereocenters. The molecule has 3 aromatic rings. The van der Waals surface area contributed by atoms with Gasteiger partial charge in [0.15, 0.2) is 18.9 Å². The second-order valence-electron chi connectivity index (χ2n) is 9.52. The molecular weight excluding hydrogens is 573 g/mol. The lowest BCUT2D eigenvalue weighted by Gasteiger charge is -2.50. The average molecular weight is 598 g/mol. The van der Waals surface area contributed by atoms with E-state index in [4.69, 9.17) is 9.52 Å². The number of aliphatic hydroxyl groups is 1. The normalized spacial score (nSPS) is 17.9. The second-order valence-corrected chi connectivity index (χ2v) is 10.6. The number of nitrogens with zero attached hydrogens (tertiary/aromatic N) is 3. The topological polar surface area (TPSA) is 178 Å². The van der Waals surface area contributed by atoms with Crippen LogP contribution in [0.2, 0.25) is 0 Å². The quantitative estimate of drug-likeness (QED) is 0.197. The van der Waals surface area contributed by atoms with Crippen LogP contribution in [-0.2, 0) is 32.3 Å². The molecule has 4 heterocycles. The predicted octanol–water partition coefficient (Wildman–Crippen LogP) is -1.44. The molecule has 0 radical (unpaired) electrons. The highest BCUT2D eigenvalue weighted by Gasteiger charge is 2.53. The monoisotopic (exact) mass is 597 g/mol. The molecule has 5 rings (SSSR count). The van der Waals surface area contributed by atoms with Gasteiger partial charge in [0, 0.05) is 35.9 Å². The smallest absolute Gasteiger partial charge is 0.423 e. The van der Waals surface area contributed by atoms with Crippen LogP contribution in [0.25, 0.3) is 16.8 Å². The summed E-state index contributed by atoms with van der Waals surface area (Å²) in [4.78, 5) is 60.5. The van der Waals surface area contributed by atoms with Crippen LogP contribution in [0.3, 0.4) is 0 Å². The average Bonchev–Trinajstić information content (AvgIpc) is 3.35. The maximum Gasteiger partial charge on any atom is 0.423 e. The number of oxazole rings is 1. The van der Waals surface area contributed by atoms with Crippen LogP contribution in [0.4, 0.5) is 4.39 Å². The van der Waals surface area contributed by atoms with Gasteiger partial charge in [-0.15, -0.1) is 11.8 Å². The first-order valence-corrected chi connectivity index (χ1v) is 13.7. The Bertz CT molecular complexity index is 1680. The molecule has 1 fully saturated rings. The van der Waals surface area contributed by atoms with Gasteiger partial charge >= 0.3 is 5.76 Å². The number of benzene rings is 1. The summed E-state index contributed by atoms with van der Waals surface area (Å²) in [6.07, 6.45) is 4.64. The third-order valence-corrected chi connectivity index (χ3v) is 8.05. The fourth-order valence-corrected chi connectivity index (χ4v) is 6.06. The zero-order valence-corrected chi connectivity index (χ0v) is 22.9. The van der Waals surface area contributed by atoms with Crippen molar-refractivity contribution in [1.82, 2.24) is 20.1 Å². The number of hydrogen-bond acceptors (Lipinski definition) is 9. The van der Waals surface area contributed by atoms with Crippen LogP contribution < -0.4 is 26.1 Å². The fourth-order valence-electron chi connectivity index (χ4n) is 4.72. The molecule has 0 saturated carbocycles. The molecule has 0 spiro atoms. The number of carbonyl (C=O) groups is 4. The van der Waals surface area contributed by atoms with Gasteiger partial charge in [0.05, 0.1) is 30.1 Å². The van der Waals surface area contributed by atoms with Crippen LogP contribution in [0.15, 0.2) is 69.4 Å². The third-order valence-electron chi connectivity index (χ3n) is 6.71. The number of aromatic nitrogens is 2. The van der Waals surface area contributed by atoms with E-state index in [1.165, 1.54) is 37.0 Å². The van der Waals surface area contributed by atoms with E-state index in [9.17, 15) is 29.1 Å². The van der Waals surface area contributed by atoms with Crippen molar-refractivity contribution in [2.75, 3.05) is 12.4 Å². The minimum atomic E-state index is -1.52.